The third-order valence-corrected chi connectivity index (χ3v) is 15.3. The highest BCUT2D eigenvalue weighted by Gasteiger charge is 2.37. The molecular weight excluding hydrogens is 1070 g/mol. The minimum absolute atomic E-state index is 0.0511. The summed E-state index contributed by atoms with van der Waals surface area (Å²) in [5.74, 6) is -0.401. The first-order valence-electron chi connectivity index (χ1n) is 29.3. The molecule has 0 amide bonds. The summed E-state index contributed by atoms with van der Waals surface area (Å²) < 4.78 is 56.6. The lowest BCUT2D eigenvalue weighted by atomic mass is 9.82. The van der Waals surface area contributed by atoms with Gasteiger partial charge in [-0.2, -0.15) is 0 Å². The van der Waals surface area contributed by atoms with Gasteiger partial charge in [-0.15, -0.1) is 0 Å². The van der Waals surface area contributed by atoms with Crippen molar-refractivity contribution in [2.75, 3.05) is 120 Å². The Balaban J connectivity index is 1.20. The van der Waals surface area contributed by atoms with E-state index in [4.69, 9.17) is 48.2 Å². The zero-order chi connectivity index (χ0) is 58.2. The maximum atomic E-state index is 13.9. The number of nitrogens with zero attached hydrogens (tertiary/aromatic N) is 7. The molecule has 0 bridgehead atoms. The highest BCUT2D eigenvalue weighted by atomic mass is 16.7. The van der Waals surface area contributed by atoms with Crippen LogP contribution in [0.2, 0.25) is 0 Å². The number of aryl methyl sites for hydroxylation is 2. The standard InChI is InChI=1S/C62H76N7O14/c1-5-75-54(71)36-68(37-55(72)76-6-2)49-22-10-11-23-51(49)79-30-31-80-53-35-52(78-29-13-9-8-12-24-64-65-63)46(34-50(53)69(38-56(73)77-7-3)39-57(74)82-40-81-41(4)70)58-47-32-42-18-14-25-66-27-16-20-44(59(42)66)61(47)83-62-45-21-17-28-67-26-15-19-43(60(45)67)33-48(58)62/h10-11,22-23,32-35H,5-9,12-21,24-31,36-40H2,1-4H3/q+1. The molecule has 0 fully saturated rings. The van der Waals surface area contributed by atoms with E-state index in [1.807, 2.05) is 6.07 Å². The highest BCUT2D eigenvalue weighted by Crippen LogP contribution is 2.51. The van der Waals surface area contributed by atoms with Gasteiger partial charge in [-0.25, -0.2) is 4.58 Å². The molecule has 0 aliphatic carbocycles. The van der Waals surface area contributed by atoms with Crippen LogP contribution in [0, 0.1) is 0 Å². The van der Waals surface area contributed by atoms with Crippen LogP contribution < -0.4 is 48.8 Å². The predicted octanol–water partition coefficient (Wildman–Crippen LogP) is 7.20. The molecule has 83 heavy (non-hydrogen) atoms. The number of anilines is 3. The molecule has 0 saturated heterocycles. The number of carbonyl (C=O) groups is 5. The van der Waals surface area contributed by atoms with Crippen LogP contribution in [-0.4, -0.2) is 135 Å². The van der Waals surface area contributed by atoms with E-state index < -0.39 is 49.7 Å². The number of carbonyl (C=O) groups excluding carboxylic acids is 5. The van der Waals surface area contributed by atoms with Gasteiger partial charge in [0.2, 0.25) is 12.2 Å². The van der Waals surface area contributed by atoms with Crippen LogP contribution in [0.4, 0.5) is 17.1 Å². The maximum Gasteiger partial charge on any atom is 0.328 e. The monoisotopic (exact) mass is 1140 g/mol. The predicted molar refractivity (Wildman–Crippen MR) is 309 cm³/mol. The molecule has 4 aromatic carbocycles. The first kappa shape index (κ1) is 59.4. The van der Waals surface area contributed by atoms with E-state index in [9.17, 15) is 24.0 Å². The van der Waals surface area contributed by atoms with Gasteiger partial charge >= 0.3 is 29.8 Å². The fraction of sp³-hybridized carbons (Fsp3) is 0.516. The van der Waals surface area contributed by atoms with Gasteiger partial charge in [0, 0.05) is 89.1 Å². The Hall–Kier alpha value is -8.19. The van der Waals surface area contributed by atoms with E-state index in [1.54, 1.807) is 51.1 Å². The molecule has 0 aromatic heterocycles. The second-order valence-corrected chi connectivity index (χ2v) is 20.9. The number of ether oxygens (including phenoxy) is 9. The van der Waals surface area contributed by atoms with E-state index in [0.717, 1.165) is 125 Å². The van der Waals surface area contributed by atoms with Crippen LogP contribution in [-0.2, 0) is 73.3 Å². The molecule has 0 atom stereocenters. The van der Waals surface area contributed by atoms with Crippen LogP contribution in [0.15, 0.2) is 53.6 Å². The van der Waals surface area contributed by atoms with Crippen molar-refractivity contribution >= 4 is 52.5 Å². The van der Waals surface area contributed by atoms with Crippen LogP contribution >= 0.6 is 0 Å². The summed E-state index contributed by atoms with van der Waals surface area (Å²) >= 11 is 0. The summed E-state index contributed by atoms with van der Waals surface area (Å²) in [5.41, 5.74) is 18.3. The minimum atomic E-state index is -0.793. The Morgan fingerprint density at radius 1 is 0.627 bits per heavy atom. The topological polar surface area (TPSA) is 230 Å². The fourth-order valence-corrected chi connectivity index (χ4v) is 12.0. The molecule has 9 rings (SSSR count). The number of hydrogen-bond acceptors (Lipinski definition) is 18. The van der Waals surface area contributed by atoms with Crippen LogP contribution in [0.1, 0.15) is 112 Å². The Bertz CT molecular complexity index is 3220. The Morgan fingerprint density at radius 3 is 1.94 bits per heavy atom. The molecular formula is C62H76N7O14+. The van der Waals surface area contributed by atoms with Gasteiger partial charge in [0.25, 0.3) is 0 Å². The number of fused-ring (bicyclic) bond motifs is 4. The number of unbranched alkanes of at least 4 members (excludes halogenated alkanes) is 3. The zero-order valence-electron chi connectivity index (χ0n) is 48.3. The Labute approximate surface area is 483 Å². The molecule has 0 radical (unpaired) electrons. The van der Waals surface area contributed by atoms with Crippen molar-refractivity contribution in [2.24, 2.45) is 5.11 Å². The van der Waals surface area contributed by atoms with Gasteiger partial charge in [-0.05, 0) is 114 Å². The van der Waals surface area contributed by atoms with Crippen molar-refractivity contribution in [3.05, 3.63) is 103 Å². The zero-order valence-corrected chi connectivity index (χ0v) is 48.3. The second-order valence-electron chi connectivity index (χ2n) is 20.9. The molecule has 21 heteroatoms. The summed E-state index contributed by atoms with van der Waals surface area (Å²) in [5, 5.41) is 5.91. The van der Waals surface area contributed by atoms with Gasteiger partial charge < -0.3 is 57.3 Å². The van der Waals surface area contributed by atoms with E-state index >= 15 is 0 Å². The molecule has 5 aliphatic heterocycles. The summed E-state index contributed by atoms with van der Waals surface area (Å²) in [6.45, 7) is 9.18. The summed E-state index contributed by atoms with van der Waals surface area (Å²) in [4.78, 5) is 73.7. The van der Waals surface area contributed by atoms with Crippen molar-refractivity contribution in [3.63, 3.8) is 0 Å². The van der Waals surface area contributed by atoms with E-state index in [-0.39, 0.29) is 51.9 Å². The lowest BCUT2D eigenvalue weighted by Crippen LogP contribution is -2.45. The lowest BCUT2D eigenvalue weighted by molar-refractivity contribution is -0.164. The highest BCUT2D eigenvalue weighted by molar-refractivity contribution is 5.94. The quantitative estimate of drug-likeness (QED) is 0.00674. The van der Waals surface area contributed by atoms with Gasteiger partial charge in [0.1, 0.15) is 81.2 Å². The largest absolute Gasteiger partial charge is 0.493 e. The van der Waals surface area contributed by atoms with Crippen molar-refractivity contribution < 1.29 is 66.6 Å². The van der Waals surface area contributed by atoms with Crippen molar-refractivity contribution in [2.45, 2.75) is 105 Å². The number of esters is 5. The first-order chi connectivity index (χ1) is 40.5. The number of azide groups is 1. The van der Waals surface area contributed by atoms with Crippen molar-refractivity contribution in [3.8, 4) is 28.7 Å². The molecule has 5 heterocycles. The second kappa shape index (κ2) is 28.7. The van der Waals surface area contributed by atoms with E-state index in [0.29, 0.717) is 48.0 Å². The van der Waals surface area contributed by atoms with Crippen LogP contribution in [0.5, 0.6) is 28.7 Å². The number of hydrogen-bond donors (Lipinski definition) is 0. The normalized spacial score (nSPS) is 14.2. The first-order valence-corrected chi connectivity index (χ1v) is 29.3. The average Bonchev–Trinajstić information content (AvgIpc) is 1.74. The summed E-state index contributed by atoms with van der Waals surface area (Å²) in [6.07, 6.45) is 10.6. The molecule has 0 spiro atoms. The van der Waals surface area contributed by atoms with Crippen molar-refractivity contribution in [1.29, 1.82) is 0 Å². The molecule has 442 valence electrons. The van der Waals surface area contributed by atoms with Crippen molar-refractivity contribution in [1.82, 2.24) is 4.58 Å². The Kier molecular flexibility index (Phi) is 20.5. The third-order valence-electron chi connectivity index (χ3n) is 15.3. The maximum absolute atomic E-state index is 13.9. The number of rotatable bonds is 29. The van der Waals surface area contributed by atoms with E-state index in [1.165, 1.54) is 50.0 Å². The van der Waals surface area contributed by atoms with Gasteiger partial charge in [0.15, 0.2) is 0 Å². The minimum Gasteiger partial charge on any atom is -0.493 e. The van der Waals surface area contributed by atoms with E-state index in [2.05, 4.69) is 31.6 Å². The van der Waals surface area contributed by atoms with Gasteiger partial charge in [-0.3, -0.25) is 24.0 Å². The van der Waals surface area contributed by atoms with Gasteiger partial charge in [-0.1, -0.05) is 30.1 Å². The molecule has 5 aliphatic rings. The molecule has 0 unspecified atom stereocenters. The summed E-state index contributed by atoms with van der Waals surface area (Å²) in [6, 6.07) is 15.3. The molecule has 4 aromatic rings. The van der Waals surface area contributed by atoms with Crippen LogP contribution in [0.25, 0.3) is 16.0 Å². The summed E-state index contributed by atoms with van der Waals surface area (Å²) in [7, 11) is 0. The third kappa shape index (κ3) is 14.4. The SMILES string of the molecule is CCOC(=O)CN(CC(=O)OCC)c1ccccc1OCCOc1cc(OCCCCCCN=[N+]=[N-])c(C2=c3cc4c5c(c3Oc3c2cc2c6c3CCCN6CCC2)CCC[N+]=5CCC4)cc1N(CC(=O)OCC)CC(=O)OCOC(C)=O. The van der Waals surface area contributed by atoms with Crippen LogP contribution in [0.3, 0.4) is 0 Å². The fourth-order valence-electron chi connectivity index (χ4n) is 12.0. The molecule has 0 N–H and O–H groups in total. The van der Waals surface area contributed by atoms with Gasteiger partial charge in [0.05, 0.1) is 43.4 Å². The Morgan fingerprint density at radius 2 is 1.24 bits per heavy atom. The molecule has 21 nitrogen and oxygen atoms in total. The smallest absolute Gasteiger partial charge is 0.328 e. The number of benzene rings is 4. The average molecular weight is 1140 g/mol. The molecule has 0 saturated carbocycles. The number of para-hydroxylation sites is 2. The lowest BCUT2D eigenvalue weighted by Gasteiger charge is -2.39.